The monoisotopic (exact) mass is 531 g/mol. The van der Waals surface area contributed by atoms with Crippen LogP contribution in [-0.4, -0.2) is 63.4 Å². The van der Waals surface area contributed by atoms with Gasteiger partial charge in [-0.05, 0) is 70.2 Å². The second kappa shape index (κ2) is 11.4. The first-order valence-electron chi connectivity index (χ1n) is 13.7. The van der Waals surface area contributed by atoms with Gasteiger partial charge in [-0.15, -0.1) is 0 Å². The van der Waals surface area contributed by atoms with Crippen molar-refractivity contribution in [1.29, 1.82) is 0 Å². The van der Waals surface area contributed by atoms with Crippen LogP contribution in [0.3, 0.4) is 0 Å². The van der Waals surface area contributed by atoms with Crippen molar-refractivity contribution in [2.24, 2.45) is 0 Å². The molecule has 0 aliphatic carbocycles. The summed E-state index contributed by atoms with van der Waals surface area (Å²) in [4.78, 5) is 29.0. The number of piperidine rings is 2. The Labute approximate surface area is 231 Å². The van der Waals surface area contributed by atoms with Crippen LogP contribution in [0.2, 0.25) is 5.02 Å². The molecular formula is C31H38ClN5O. The van der Waals surface area contributed by atoms with Crippen LogP contribution in [0.4, 0.5) is 5.69 Å². The van der Waals surface area contributed by atoms with E-state index in [1.165, 1.54) is 17.6 Å². The number of aryl methyl sites for hydroxylation is 2. The molecule has 3 aromatic rings. The maximum atomic E-state index is 13.3. The zero-order chi connectivity index (χ0) is 26.7. The minimum Gasteiger partial charge on any atom is -0.364 e. The number of likely N-dealkylation sites (tertiary alicyclic amines) is 2. The van der Waals surface area contributed by atoms with E-state index in [0.717, 1.165) is 74.8 Å². The van der Waals surface area contributed by atoms with E-state index in [9.17, 15) is 4.79 Å². The van der Waals surface area contributed by atoms with Gasteiger partial charge in [-0.25, -0.2) is 9.97 Å². The van der Waals surface area contributed by atoms with E-state index in [1.54, 1.807) is 0 Å². The summed E-state index contributed by atoms with van der Waals surface area (Å²) >= 11 is 6.39. The van der Waals surface area contributed by atoms with Crippen molar-refractivity contribution in [3.63, 3.8) is 0 Å². The van der Waals surface area contributed by atoms with E-state index in [-0.39, 0.29) is 11.4 Å². The van der Waals surface area contributed by atoms with Crippen LogP contribution in [0.1, 0.15) is 59.9 Å². The summed E-state index contributed by atoms with van der Waals surface area (Å²) in [5.41, 5.74) is 4.80. The van der Waals surface area contributed by atoms with Crippen molar-refractivity contribution < 1.29 is 4.79 Å². The normalized spacial score (nSPS) is 18.4. The third kappa shape index (κ3) is 5.71. The molecule has 2 aliphatic heterocycles. The first kappa shape index (κ1) is 26.6. The SMILES string of the molecule is Cc1ncnc(C)c1C(=O)N1CCC(C)(N2CCC(N(Cc3ccccc3)c3cccc(Cl)c3)CC2)CC1. The minimum atomic E-state index is 0.0689. The van der Waals surface area contributed by atoms with Gasteiger partial charge < -0.3 is 9.80 Å². The van der Waals surface area contributed by atoms with Gasteiger partial charge in [-0.3, -0.25) is 9.69 Å². The first-order chi connectivity index (χ1) is 18.3. The lowest BCUT2D eigenvalue weighted by Crippen LogP contribution is -2.58. The van der Waals surface area contributed by atoms with Gasteiger partial charge >= 0.3 is 0 Å². The largest absolute Gasteiger partial charge is 0.364 e. The van der Waals surface area contributed by atoms with Gasteiger partial charge in [0.25, 0.3) is 5.91 Å². The molecule has 0 atom stereocenters. The quantitative estimate of drug-likeness (QED) is 0.395. The molecule has 2 saturated heterocycles. The predicted molar refractivity (Wildman–Crippen MR) is 154 cm³/mol. The molecule has 0 radical (unpaired) electrons. The van der Waals surface area contributed by atoms with Crippen LogP contribution in [0.15, 0.2) is 60.9 Å². The molecule has 2 aromatic carbocycles. The fourth-order valence-corrected chi connectivity index (χ4v) is 6.34. The minimum absolute atomic E-state index is 0.0689. The second-order valence-corrected chi connectivity index (χ2v) is 11.5. The Bertz CT molecular complexity index is 1230. The second-order valence-electron chi connectivity index (χ2n) is 11.0. The van der Waals surface area contributed by atoms with Gasteiger partial charge in [-0.2, -0.15) is 0 Å². The number of hydrogen-bond acceptors (Lipinski definition) is 5. The standard InChI is InChI=1S/C31H38ClN5O/c1-23-29(24(2)34-22-33-23)30(38)35-18-14-31(3,15-19-35)36-16-12-27(13-17-36)37(21-25-8-5-4-6-9-25)28-11-7-10-26(32)20-28/h4-11,20,22,27H,12-19,21H2,1-3H3. The number of hydrogen-bond donors (Lipinski definition) is 0. The molecule has 0 spiro atoms. The number of rotatable bonds is 6. The number of carbonyl (C=O) groups is 1. The zero-order valence-electron chi connectivity index (χ0n) is 22.7. The van der Waals surface area contributed by atoms with Gasteiger partial charge in [0.2, 0.25) is 0 Å². The van der Waals surface area contributed by atoms with Crippen LogP contribution in [0.25, 0.3) is 0 Å². The van der Waals surface area contributed by atoms with Gasteiger partial charge in [0.05, 0.1) is 17.0 Å². The molecular weight excluding hydrogens is 494 g/mol. The Morgan fingerprint density at radius 3 is 2.26 bits per heavy atom. The zero-order valence-corrected chi connectivity index (χ0v) is 23.5. The van der Waals surface area contributed by atoms with E-state index < -0.39 is 0 Å². The van der Waals surface area contributed by atoms with Crippen molar-refractivity contribution in [3.05, 3.63) is 88.5 Å². The van der Waals surface area contributed by atoms with Crippen molar-refractivity contribution in [3.8, 4) is 0 Å². The van der Waals surface area contributed by atoms with Crippen molar-refractivity contribution >= 4 is 23.2 Å². The highest BCUT2D eigenvalue weighted by Gasteiger charge is 2.39. The lowest BCUT2D eigenvalue weighted by molar-refractivity contribution is 0.0170. The first-order valence-corrected chi connectivity index (χ1v) is 14.1. The number of anilines is 1. The molecule has 2 fully saturated rings. The third-order valence-electron chi connectivity index (χ3n) is 8.57. The highest BCUT2D eigenvalue weighted by atomic mass is 35.5. The Morgan fingerprint density at radius 1 is 0.974 bits per heavy atom. The van der Waals surface area contributed by atoms with Crippen LogP contribution in [0, 0.1) is 13.8 Å². The van der Waals surface area contributed by atoms with Crippen LogP contribution < -0.4 is 4.90 Å². The fraction of sp³-hybridized carbons (Fsp3) is 0.452. The molecule has 5 rings (SSSR count). The summed E-state index contributed by atoms with van der Waals surface area (Å²) in [5, 5.41) is 0.777. The average Bonchev–Trinajstić information content (AvgIpc) is 2.93. The number of carbonyl (C=O) groups excluding carboxylic acids is 1. The molecule has 1 amide bonds. The van der Waals surface area contributed by atoms with Crippen LogP contribution in [0.5, 0.6) is 0 Å². The highest BCUT2D eigenvalue weighted by molar-refractivity contribution is 6.30. The number of amides is 1. The Hall–Kier alpha value is -2.96. The molecule has 0 bridgehead atoms. The van der Waals surface area contributed by atoms with Gasteiger partial charge in [-0.1, -0.05) is 48.0 Å². The Kier molecular flexibility index (Phi) is 8.01. The van der Waals surface area contributed by atoms with E-state index in [2.05, 4.69) is 69.2 Å². The van der Waals surface area contributed by atoms with Gasteiger partial charge in [0.1, 0.15) is 6.33 Å². The van der Waals surface area contributed by atoms with E-state index in [4.69, 9.17) is 11.6 Å². The molecule has 200 valence electrons. The molecule has 38 heavy (non-hydrogen) atoms. The molecule has 0 unspecified atom stereocenters. The topological polar surface area (TPSA) is 52.6 Å². The molecule has 1 aromatic heterocycles. The molecule has 6 nitrogen and oxygen atoms in total. The molecule has 7 heteroatoms. The number of nitrogens with zero attached hydrogens (tertiary/aromatic N) is 5. The number of benzene rings is 2. The van der Waals surface area contributed by atoms with Crippen LogP contribution >= 0.6 is 11.6 Å². The summed E-state index contributed by atoms with van der Waals surface area (Å²) in [7, 11) is 0. The van der Waals surface area contributed by atoms with E-state index in [0.29, 0.717) is 11.6 Å². The predicted octanol–water partition coefficient (Wildman–Crippen LogP) is 5.91. The third-order valence-corrected chi connectivity index (χ3v) is 8.81. The number of aromatic nitrogens is 2. The summed E-state index contributed by atoms with van der Waals surface area (Å²) in [6.07, 6.45) is 5.72. The van der Waals surface area contributed by atoms with Crippen molar-refractivity contribution in [1.82, 2.24) is 19.8 Å². The lowest BCUT2D eigenvalue weighted by atomic mass is 9.85. The summed E-state index contributed by atoms with van der Waals surface area (Å²) < 4.78 is 0. The Balaban J connectivity index is 1.23. The van der Waals surface area contributed by atoms with Gasteiger partial charge in [0.15, 0.2) is 0 Å². The highest BCUT2D eigenvalue weighted by Crippen LogP contribution is 2.34. The van der Waals surface area contributed by atoms with Crippen LogP contribution in [-0.2, 0) is 6.54 Å². The molecule has 0 N–H and O–H groups in total. The van der Waals surface area contributed by atoms with Crippen molar-refractivity contribution in [2.45, 2.75) is 64.6 Å². The summed E-state index contributed by atoms with van der Waals surface area (Å²) in [6, 6.07) is 19.4. The van der Waals surface area contributed by atoms with Gasteiger partial charge in [0, 0.05) is 55.0 Å². The van der Waals surface area contributed by atoms with E-state index in [1.807, 2.05) is 30.9 Å². The average molecular weight is 532 g/mol. The summed E-state index contributed by atoms with van der Waals surface area (Å²) in [5.74, 6) is 0.0689. The maximum absolute atomic E-state index is 13.3. The number of halogens is 1. The molecule has 0 saturated carbocycles. The van der Waals surface area contributed by atoms with E-state index >= 15 is 0 Å². The summed E-state index contributed by atoms with van der Waals surface area (Å²) in [6.45, 7) is 10.7. The molecule has 3 heterocycles. The fourth-order valence-electron chi connectivity index (χ4n) is 6.15. The Morgan fingerprint density at radius 2 is 1.63 bits per heavy atom. The smallest absolute Gasteiger partial charge is 0.257 e. The molecule has 2 aliphatic rings. The van der Waals surface area contributed by atoms with Crippen molar-refractivity contribution in [2.75, 3.05) is 31.1 Å². The lowest BCUT2D eigenvalue weighted by Gasteiger charge is -2.50. The maximum Gasteiger partial charge on any atom is 0.257 e.